The van der Waals surface area contributed by atoms with E-state index in [0.717, 1.165) is 0 Å². The Bertz CT molecular complexity index is 238. The lowest BCUT2D eigenvalue weighted by Crippen LogP contribution is -2.32. The molecule has 0 bridgehead atoms. The minimum absolute atomic E-state index is 0.683. The van der Waals surface area contributed by atoms with Crippen LogP contribution in [0, 0.1) is 5.92 Å². The predicted molar refractivity (Wildman–Crippen MR) is 63.3 cm³/mol. The smallest absolute Gasteiger partial charge is 0.00472 e. The number of piperidine rings is 1. The van der Waals surface area contributed by atoms with Gasteiger partial charge in [-0.25, -0.2) is 0 Å². The van der Waals surface area contributed by atoms with E-state index in [1.165, 1.54) is 31.5 Å². The number of rotatable bonds is 3. The molecule has 1 fully saturated rings. The number of allylic oxidation sites excluding steroid dienone is 4. The third-order valence-electron chi connectivity index (χ3n) is 2.81. The second kappa shape index (κ2) is 5.82. The first kappa shape index (κ1) is 11.3. The third-order valence-corrected chi connectivity index (χ3v) is 2.81. The largest absolute Gasteiger partial charge is 0.306 e. The molecule has 1 aliphatic heterocycles. The zero-order valence-electron chi connectivity index (χ0n) is 9.37. The van der Waals surface area contributed by atoms with Gasteiger partial charge in [0.1, 0.15) is 0 Å². The van der Waals surface area contributed by atoms with Crippen molar-refractivity contribution >= 4 is 0 Å². The molecule has 0 amide bonds. The standard InChI is InChI=1S/C13H21N/c1-4-6-8-12(5-2)13-9-7-10-14(3)11-13/h4-6,8,13H,2,7,9-11H2,1,3H3/b6-4-,12-8+. The van der Waals surface area contributed by atoms with Crippen LogP contribution in [0.15, 0.2) is 36.5 Å². The molecule has 0 spiro atoms. The van der Waals surface area contributed by atoms with Crippen molar-refractivity contribution in [3.8, 4) is 0 Å². The van der Waals surface area contributed by atoms with Crippen LogP contribution in [0.5, 0.6) is 0 Å². The molecular formula is C13H21N. The lowest BCUT2D eigenvalue weighted by molar-refractivity contribution is 0.233. The van der Waals surface area contributed by atoms with Gasteiger partial charge in [-0.2, -0.15) is 0 Å². The Morgan fingerprint density at radius 3 is 2.86 bits per heavy atom. The average molecular weight is 191 g/mol. The fourth-order valence-corrected chi connectivity index (χ4v) is 2.02. The lowest BCUT2D eigenvalue weighted by Gasteiger charge is -2.30. The van der Waals surface area contributed by atoms with E-state index in [9.17, 15) is 0 Å². The van der Waals surface area contributed by atoms with E-state index in [2.05, 4.69) is 36.8 Å². The highest BCUT2D eigenvalue weighted by atomic mass is 15.1. The average Bonchev–Trinajstić information content (AvgIpc) is 2.19. The zero-order valence-corrected chi connectivity index (χ0v) is 9.37. The zero-order chi connectivity index (χ0) is 10.4. The molecule has 0 aromatic rings. The molecule has 78 valence electrons. The van der Waals surface area contributed by atoms with Crippen molar-refractivity contribution in [3.63, 3.8) is 0 Å². The van der Waals surface area contributed by atoms with Crippen LogP contribution in [0.1, 0.15) is 19.8 Å². The van der Waals surface area contributed by atoms with Crippen molar-refractivity contribution < 1.29 is 0 Å². The van der Waals surface area contributed by atoms with Gasteiger partial charge in [-0.3, -0.25) is 0 Å². The van der Waals surface area contributed by atoms with E-state index < -0.39 is 0 Å². The van der Waals surface area contributed by atoms with Gasteiger partial charge in [-0.1, -0.05) is 30.9 Å². The Hall–Kier alpha value is -0.820. The molecule has 1 unspecified atom stereocenters. The Balaban J connectivity index is 2.63. The molecule has 0 saturated carbocycles. The van der Waals surface area contributed by atoms with E-state index in [4.69, 9.17) is 0 Å². The maximum Gasteiger partial charge on any atom is 0.00472 e. The fourth-order valence-electron chi connectivity index (χ4n) is 2.02. The second-order valence-electron chi connectivity index (χ2n) is 4.00. The first-order chi connectivity index (χ1) is 6.77. The summed E-state index contributed by atoms with van der Waals surface area (Å²) in [6.45, 7) is 8.36. The quantitative estimate of drug-likeness (QED) is 0.620. The SMILES string of the molecule is C=C/C(=C\C=C/C)C1CCCN(C)C1. The molecule has 0 aromatic heterocycles. The molecule has 0 N–H and O–H groups in total. The Labute approximate surface area is 87.8 Å². The van der Waals surface area contributed by atoms with Gasteiger partial charge >= 0.3 is 0 Å². The van der Waals surface area contributed by atoms with Crippen molar-refractivity contribution in [3.05, 3.63) is 36.5 Å². The highest BCUT2D eigenvalue weighted by Crippen LogP contribution is 2.23. The molecule has 1 heteroatoms. The van der Waals surface area contributed by atoms with Crippen LogP contribution in [0.4, 0.5) is 0 Å². The van der Waals surface area contributed by atoms with Gasteiger partial charge in [-0.15, -0.1) is 0 Å². The van der Waals surface area contributed by atoms with Gasteiger partial charge in [0.2, 0.25) is 0 Å². The summed E-state index contributed by atoms with van der Waals surface area (Å²) >= 11 is 0. The summed E-state index contributed by atoms with van der Waals surface area (Å²) in [5.41, 5.74) is 1.38. The van der Waals surface area contributed by atoms with Crippen LogP contribution < -0.4 is 0 Å². The summed E-state index contributed by atoms with van der Waals surface area (Å²) < 4.78 is 0. The molecule has 1 heterocycles. The number of hydrogen-bond acceptors (Lipinski definition) is 1. The minimum Gasteiger partial charge on any atom is -0.306 e. The molecule has 0 radical (unpaired) electrons. The molecule has 1 atom stereocenters. The van der Waals surface area contributed by atoms with Gasteiger partial charge in [0.05, 0.1) is 0 Å². The Morgan fingerprint density at radius 1 is 1.50 bits per heavy atom. The lowest BCUT2D eigenvalue weighted by atomic mass is 9.90. The van der Waals surface area contributed by atoms with Gasteiger partial charge in [0, 0.05) is 6.54 Å². The predicted octanol–water partition coefficient (Wildman–Crippen LogP) is 3.02. The molecule has 1 aliphatic rings. The first-order valence-corrected chi connectivity index (χ1v) is 5.41. The Morgan fingerprint density at radius 2 is 2.29 bits per heavy atom. The third kappa shape index (κ3) is 3.15. The molecule has 14 heavy (non-hydrogen) atoms. The molecular weight excluding hydrogens is 170 g/mol. The normalized spacial score (nSPS) is 25.6. The van der Waals surface area contributed by atoms with Gasteiger partial charge in [0.15, 0.2) is 0 Å². The minimum atomic E-state index is 0.683. The molecule has 0 aliphatic carbocycles. The molecule has 1 saturated heterocycles. The van der Waals surface area contributed by atoms with Crippen LogP contribution in [0.25, 0.3) is 0 Å². The summed E-state index contributed by atoms with van der Waals surface area (Å²) in [7, 11) is 2.20. The number of likely N-dealkylation sites (tertiary alicyclic amines) is 1. The summed E-state index contributed by atoms with van der Waals surface area (Å²) in [5.74, 6) is 0.683. The first-order valence-electron chi connectivity index (χ1n) is 5.41. The van der Waals surface area contributed by atoms with Gasteiger partial charge < -0.3 is 4.90 Å². The monoisotopic (exact) mass is 191 g/mol. The van der Waals surface area contributed by atoms with Crippen molar-refractivity contribution in [1.29, 1.82) is 0 Å². The van der Waals surface area contributed by atoms with Gasteiger partial charge in [0.25, 0.3) is 0 Å². The van der Waals surface area contributed by atoms with E-state index in [1.54, 1.807) is 0 Å². The molecule has 1 rings (SSSR count). The summed E-state index contributed by atoms with van der Waals surface area (Å²) in [4.78, 5) is 2.40. The van der Waals surface area contributed by atoms with Crippen LogP contribution in [0.3, 0.4) is 0 Å². The van der Waals surface area contributed by atoms with Crippen molar-refractivity contribution in [2.45, 2.75) is 19.8 Å². The summed E-state index contributed by atoms with van der Waals surface area (Å²) in [5, 5.41) is 0. The molecule has 0 aromatic carbocycles. The van der Waals surface area contributed by atoms with Gasteiger partial charge in [-0.05, 0) is 44.8 Å². The highest BCUT2D eigenvalue weighted by molar-refractivity contribution is 5.25. The molecule has 1 nitrogen and oxygen atoms in total. The second-order valence-corrected chi connectivity index (χ2v) is 4.00. The van der Waals surface area contributed by atoms with Crippen molar-refractivity contribution in [2.75, 3.05) is 20.1 Å². The van der Waals surface area contributed by atoms with Crippen molar-refractivity contribution in [2.24, 2.45) is 5.92 Å². The van der Waals surface area contributed by atoms with E-state index in [1.807, 2.05) is 13.0 Å². The van der Waals surface area contributed by atoms with Crippen LogP contribution in [-0.4, -0.2) is 25.0 Å². The van der Waals surface area contributed by atoms with Crippen LogP contribution in [-0.2, 0) is 0 Å². The fraction of sp³-hybridized carbons (Fsp3) is 0.538. The number of nitrogens with zero attached hydrogens (tertiary/aromatic N) is 1. The van der Waals surface area contributed by atoms with E-state index in [0.29, 0.717) is 5.92 Å². The van der Waals surface area contributed by atoms with E-state index in [-0.39, 0.29) is 0 Å². The topological polar surface area (TPSA) is 3.24 Å². The van der Waals surface area contributed by atoms with Crippen LogP contribution in [0.2, 0.25) is 0 Å². The maximum absolute atomic E-state index is 3.89. The summed E-state index contributed by atoms with van der Waals surface area (Å²) in [6, 6.07) is 0. The van der Waals surface area contributed by atoms with E-state index >= 15 is 0 Å². The summed E-state index contributed by atoms with van der Waals surface area (Å²) in [6.07, 6.45) is 11.0. The van der Waals surface area contributed by atoms with Crippen molar-refractivity contribution in [1.82, 2.24) is 4.90 Å². The highest BCUT2D eigenvalue weighted by Gasteiger charge is 2.18. The Kier molecular flexibility index (Phi) is 4.68. The number of hydrogen-bond donors (Lipinski definition) is 0. The maximum atomic E-state index is 3.89. The van der Waals surface area contributed by atoms with Crippen LogP contribution >= 0.6 is 0 Å².